The maximum Gasteiger partial charge on any atom is 0.269 e. The first kappa shape index (κ1) is 21.0. The van der Waals surface area contributed by atoms with Crippen molar-refractivity contribution in [3.63, 3.8) is 0 Å². The van der Waals surface area contributed by atoms with Crippen LogP contribution in [0.3, 0.4) is 0 Å². The van der Waals surface area contributed by atoms with Crippen molar-refractivity contribution >= 4 is 29.3 Å². The van der Waals surface area contributed by atoms with E-state index in [1.165, 1.54) is 36.0 Å². The van der Waals surface area contributed by atoms with Crippen LogP contribution in [0.5, 0.6) is 0 Å². The number of thioether (sulfide) groups is 1. The molecule has 2 N–H and O–H groups in total. The molecule has 0 aliphatic carbocycles. The Hall–Kier alpha value is -3.73. The van der Waals surface area contributed by atoms with Gasteiger partial charge in [0.05, 0.1) is 10.7 Å². The maximum atomic E-state index is 12.0. The lowest BCUT2D eigenvalue weighted by Crippen LogP contribution is -2.42. The molecule has 11 heteroatoms. The van der Waals surface area contributed by atoms with Crippen molar-refractivity contribution in [1.82, 2.24) is 25.6 Å². The second-order valence-electron chi connectivity index (χ2n) is 6.28. The molecule has 0 bridgehead atoms. The second-order valence-corrected chi connectivity index (χ2v) is 7.22. The van der Waals surface area contributed by atoms with Crippen LogP contribution in [0.2, 0.25) is 0 Å². The van der Waals surface area contributed by atoms with Crippen molar-refractivity contribution in [3.8, 4) is 11.4 Å². The number of amides is 2. The van der Waals surface area contributed by atoms with Crippen molar-refractivity contribution < 1.29 is 14.5 Å². The summed E-state index contributed by atoms with van der Waals surface area (Å²) in [5, 5.41) is 19.5. The summed E-state index contributed by atoms with van der Waals surface area (Å²) < 4.78 is 1.80. The molecule has 0 fully saturated rings. The van der Waals surface area contributed by atoms with Gasteiger partial charge < -0.3 is 4.57 Å². The molecule has 0 unspecified atom stereocenters. The van der Waals surface area contributed by atoms with E-state index in [0.29, 0.717) is 11.0 Å². The van der Waals surface area contributed by atoms with E-state index in [2.05, 4.69) is 21.0 Å². The minimum atomic E-state index is -0.580. The third-order valence-electron chi connectivity index (χ3n) is 4.21. The smallest absolute Gasteiger partial charge is 0.269 e. The van der Waals surface area contributed by atoms with Gasteiger partial charge in [0, 0.05) is 30.3 Å². The van der Waals surface area contributed by atoms with Crippen molar-refractivity contribution in [2.24, 2.45) is 7.05 Å². The number of hydrogen-bond donors (Lipinski definition) is 2. The number of nitro benzene ring substituents is 1. The fraction of sp³-hybridized carbons (Fsp3) is 0.158. The second kappa shape index (κ2) is 9.18. The van der Waals surface area contributed by atoms with Crippen LogP contribution in [0.25, 0.3) is 11.4 Å². The molecule has 0 spiro atoms. The summed E-state index contributed by atoms with van der Waals surface area (Å²) in [6.45, 7) is 1.98. The van der Waals surface area contributed by atoms with Gasteiger partial charge in [-0.15, -0.1) is 10.2 Å². The summed E-state index contributed by atoms with van der Waals surface area (Å²) in [6.07, 6.45) is 0. The highest BCUT2D eigenvalue weighted by molar-refractivity contribution is 7.99. The van der Waals surface area contributed by atoms with Gasteiger partial charge >= 0.3 is 0 Å². The number of nitrogens with one attached hydrogen (secondary N) is 2. The van der Waals surface area contributed by atoms with Crippen LogP contribution in [0.15, 0.2) is 53.7 Å². The summed E-state index contributed by atoms with van der Waals surface area (Å²) in [5.41, 5.74) is 6.66. The predicted molar refractivity (Wildman–Crippen MR) is 111 cm³/mol. The lowest BCUT2D eigenvalue weighted by molar-refractivity contribution is -0.384. The Morgan fingerprint density at radius 2 is 1.80 bits per heavy atom. The lowest BCUT2D eigenvalue weighted by Gasteiger charge is -2.08. The first-order valence-electron chi connectivity index (χ1n) is 8.78. The molecule has 0 radical (unpaired) electrons. The largest absolute Gasteiger partial charge is 0.305 e. The Bertz CT molecular complexity index is 1100. The zero-order chi connectivity index (χ0) is 21.7. The molecule has 10 nitrogen and oxygen atoms in total. The molecule has 154 valence electrons. The van der Waals surface area contributed by atoms with Gasteiger partial charge in [-0.1, -0.05) is 36.0 Å². The Labute approximate surface area is 175 Å². The lowest BCUT2D eigenvalue weighted by atomic mass is 10.1. The topological polar surface area (TPSA) is 132 Å². The third kappa shape index (κ3) is 4.81. The summed E-state index contributed by atoms with van der Waals surface area (Å²) in [7, 11) is 1.82. The third-order valence-corrected chi connectivity index (χ3v) is 5.23. The van der Waals surface area contributed by atoms with Crippen LogP contribution in [0.1, 0.15) is 15.9 Å². The molecule has 30 heavy (non-hydrogen) atoms. The van der Waals surface area contributed by atoms with Crippen LogP contribution in [0, 0.1) is 17.0 Å². The van der Waals surface area contributed by atoms with E-state index in [4.69, 9.17) is 0 Å². The van der Waals surface area contributed by atoms with E-state index >= 15 is 0 Å². The Morgan fingerprint density at radius 1 is 1.10 bits per heavy atom. The molecular weight excluding hydrogens is 408 g/mol. The van der Waals surface area contributed by atoms with E-state index < -0.39 is 16.7 Å². The number of hydrazine groups is 1. The molecule has 1 heterocycles. The van der Waals surface area contributed by atoms with E-state index in [1.54, 1.807) is 4.57 Å². The number of nitrogens with zero attached hydrogens (tertiary/aromatic N) is 4. The molecule has 0 saturated heterocycles. The van der Waals surface area contributed by atoms with Crippen LogP contribution >= 0.6 is 11.8 Å². The van der Waals surface area contributed by atoms with E-state index in [1.807, 2.05) is 38.2 Å². The van der Waals surface area contributed by atoms with E-state index in [-0.39, 0.29) is 17.0 Å². The molecule has 0 atom stereocenters. The number of non-ortho nitro benzene ring substituents is 1. The molecule has 2 amide bonds. The van der Waals surface area contributed by atoms with E-state index in [9.17, 15) is 19.7 Å². The number of hydrogen-bond acceptors (Lipinski definition) is 7. The van der Waals surface area contributed by atoms with Crippen molar-refractivity contribution in [2.75, 3.05) is 5.75 Å². The van der Waals surface area contributed by atoms with Crippen molar-refractivity contribution in [3.05, 3.63) is 69.8 Å². The van der Waals surface area contributed by atoms with Crippen LogP contribution < -0.4 is 10.9 Å². The molecule has 1 aromatic heterocycles. The highest BCUT2D eigenvalue weighted by atomic mass is 32.2. The predicted octanol–water partition coefficient (Wildman–Crippen LogP) is 2.25. The summed E-state index contributed by atoms with van der Waals surface area (Å²) in [4.78, 5) is 34.2. The molecule has 0 aliphatic heterocycles. The molecule has 0 saturated carbocycles. The number of benzene rings is 2. The number of aryl methyl sites for hydroxylation is 1. The van der Waals surface area contributed by atoms with Gasteiger partial charge in [-0.2, -0.15) is 0 Å². The fourth-order valence-electron chi connectivity index (χ4n) is 2.60. The molecule has 2 aromatic carbocycles. The molecule has 3 rings (SSSR count). The maximum absolute atomic E-state index is 12.0. The Kier molecular flexibility index (Phi) is 6.42. The first-order chi connectivity index (χ1) is 14.4. The quantitative estimate of drug-likeness (QED) is 0.351. The highest BCUT2D eigenvalue weighted by Crippen LogP contribution is 2.24. The molecule has 0 aliphatic rings. The molecule has 3 aromatic rings. The van der Waals surface area contributed by atoms with Crippen LogP contribution in [0.4, 0.5) is 5.69 Å². The first-order valence-corrected chi connectivity index (χ1v) is 9.77. The summed E-state index contributed by atoms with van der Waals surface area (Å²) in [6, 6.07) is 12.8. The minimum absolute atomic E-state index is 0.0142. The van der Waals surface area contributed by atoms with Crippen molar-refractivity contribution in [2.45, 2.75) is 12.1 Å². The van der Waals surface area contributed by atoms with Crippen LogP contribution in [-0.4, -0.2) is 37.3 Å². The van der Waals surface area contributed by atoms with Gasteiger partial charge in [0.15, 0.2) is 11.0 Å². The van der Waals surface area contributed by atoms with Gasteiger partial charge in [-0.3, -0.25) is 30.6 Å². The fourth-order valence-corrected chi connectivity index (χ4v) is 3.31. The average Bonchev–Trinajstić information content (AvgIpc) is 3.11. The minimum Gasteiger partial charge on any atom is -0.305 e. The monoisotopic (exact) mass is 426 g/mol. The number of carbonyl (C=O) groups excluding carboxylic acids is 2. The zero-order valence-corrected chi connectivity index (χ0v) is 17.0. The van der Waals surface area contributed by atoms with Crippen LogP contribution in [-0.2, 0) is 11.8 Å². The average molecular weight is 426 g/mol. The Morgan fingerprint density at radius 3 is 2.47 bits per heavy atom. The number of nitro groups is 1. The highest BCUT2D eigenvalue weighted by Gasteiger charge is 2.15. The van der Waals surface area contributed by atoms with Crippen molar-refractivity contribution in [1.29, 1.82) is 0 Å². The Balaban J connectivity index is 1.53. The van der Waals surface area contributed by atoms with Gasteiger partial charge in [0.25, 0.3) is 11.6 Å². The molecular formula is C19H18N6O4S. The van der Waals surface area contributed by atoms with E-state index in [0.717, 1.165) is 11.1 Å². The number of carbonyl (C=O) groups is 2. The zero-order valence-electron chi connectivity index (χ0n) is 16.2. The normalized spacial score (nSPS) is 10.5. The SMILES string of the molecule is Cc1ccccc1-c1nnc(SCC(=O)NNC(=O)c2ccc([N+](=O)[O-])cc2)n1C. The van der Waals surface area contributed by atoms with Gasteiger partial charge in [0.2, 0.25) is 5.91 Å². The van der Waals surface area contributed by atoms with Gasteiger partial charge in [-0.05, 0) is 24.6 Å². The number of aromatic nitrogens is 3. The van der Waals surface area contributed by atoms with Gasteiger partial charge in [-0.25, -0.2) is 0 Å². The number of rotatable bonds is 6. The summed E-state index contributed by atoms with van der Waals surface area (Å²) >= 11 is 1.18. The summed E-state index contributed by atoms with van der Waals surface area (Å²) in [5.74, 6) is -0.303. The van der Waals surface area contributed by atoms with Gasteiger partial charge in [0.1, 0.15) is 0 Å². The standard InChI is InChI=1S/C19H18N6O4S/c1-12-5-3-4-6-15(12)17-21-23-19(24(17)2)30-11-16(26)20-22-18(27)13-7-9-14(10-8-13)25(28)29/h3-10H,11H2,1-2H3,(H,20,26)(H,22,27).